The maximum Gasteiger partial charge on any atom is 0.335 e. The van der Waals surface area contributed by atoms with Crippen LogP contribution in [0.1, 0.15) is 124 Å². The number of carboxylic acid groups (broad SMARTS) is 1. The number of nitrogens with one attached hydrogen (secondary N) is 3. The second-order valence-electron chi connectivity index (χ2n) is 28.3. The summed E-state index contributed by atoms with van der Waals surface area (Å²) in [5.74, 6) is 0.221. The molecular formula is C70H101BN14O9U. The molecule has 2 radical (unpaired) electrons. The second-order valence-corrected chi connectivity index (χ2v) is 28.3. The number of aromatic carboxylic acids is 1. The van der Waals surface area contributed by atoms with Crippen molar-refractivity contribution in [3.8, 4) is 22.3 Å². The summed E-state index contributed by atoms with van der Waals surface area (Å²) in [6.07, 6.45) is 1.18. The van der Waals surface area contributed by atoms with Crippen LogP contribution in [0.2, 0.25) is 0 Å². The van der Waals surface area contributed by atoms with E-state index >= 15 is 0 Å². The number of rotatable bonds is 20. The molecular weight excluding hydrogens is 1430 g/mol. The summed E-state index contributed by atoms with van der Waals surface area (Å²) in [4.78, 5) is 75.2. The molecule has 2 saturated heterocycles. The van der Waals surface area contributed by atoms with E-state index in [-0.39, 0.29) is 98.1 Å². The molecule has 6 saturated carbocycles. The molecule has 0 spiro atoms. The van der Waals surface area contributed by atoms with Crippen molar-refractivity contribution in [3.05, 3.63) is 127 Å². The number of azide groups is 2. The van der Waals surface area contributed by atoms with Gasteiger partial charge in [0.15, 0.2) is 0 Å². The zero-order valence-corrected chi connectivity index (χ0v) is 62.4. The van der Waals surface area contributed by atoms with Crippen LogP contribution in [0.5, 0.6) is 0 Å². The number of fused-ring (bicyclic) bond motifs is 4. The van der Waals surface area contributed by atoms with Gasteiger partial charge in [-0.05, 0) is 200 Å². The molecule has 0 unspecified atom stereocenters. The third-order valence-electron chi connectivity index (χ3n) is 22.2. The number of anilines is 2. The van der Waals surface area contributed by atoms with Gasteiger partial charge in [0.1, 0.15) is 12.1 Å². The van der Waals surface area contributed by atoms with Crippen molar-refractivity contribution in [2.75, 3.05) is 65.2 Å². The number of nitrogens with two attached hydrogens (primary N) is 1. The maximum absolute atomic E-state index is 14.2. The van der Waals surface area contributed by atoms with E-state index in [1.165, 1.54) is 19.9 Å². The predicted molar refractivity (Wildman–Crippen MR) is 368 cm³/mol. The Morgan fingerprint density at radius 2 is 1.06 bits per heavy atom. The number of aliphatic hydroxyl groups is 2. The van der Waals surface area contributed by atoms with Crippen LogP contribution in [0.4, 0.5) is 11.4 Å². The van der Waals surface area contributed by atoms with Gasteiger partial charge < -0.3 is 46.8 Å². The van der Waals surface area contributed by atoms with Gasteiger partial charge >= 0.3 is 5.97 Å². The van der Waals surface area contributed by atoms with Gasteiger partial charge in [-0.25, -0.2) is 4.79 Å². The molecule has 25 heteroatoms. The summed E-state index contributed by atoms with van der Waals surface area (Å²) < 4.78 is 5.25. The van der Waals surface area contributed by atoms with Gasteiger partial charge in [-0.15, -0.1) is 0 Å². The number of benzene rings is 4. The van der Waals surface area contributed by atoms with Crippen LogP contribution in [-0.4, -0.2) is 163 Å². The molecule has 16 atom stereocenters. The van der Waals surface area contributed by atoms with Gasteiger partial charge in [0.05, 0.1) is 56.2 Å². The minimum atomic E-state index is -1.00. The van der Waals surface area contributed by atoms with E-state index in [4.69, 9.17) is 22.1 Å². The Kier molecular flexibility index (Phi) is 26.0. The Morgan fingerprint density at radius 1 is 0.684 bits per heavy atom. The summed E-state index contributed by atoms with van der Waals surface area (Å²) in [7, 11) is 14.5. The summed E-state index contributed by atoms with van der Waals surface area (Å²) in [6, 6.07) is 21.4. The van der Waals surface area contributed by atoms with Crippen molar-refractivity contribution in [3.63, 3.8) is 0 Å². The van der Waals surface area contributed by atoms with Crippen LogP contribution in [0.3, 0.4) is 0 Å². The number of aliphatic hydroxyl groups excluding tert-OH is 2. The number of carbonyl (C=O) groups excluding carboxylic acids is 3. The second kappa shape index (κ2) is 32.5. The molecule has 8 aliphatic rings. The fourth-order valence-electron chi connectivity index (χ4n) is 16.3. The molecule has 12 rings (SSSR count). The van der Waals surface area contributed by atoms with E-state index in [1.807, 2.05) is 106 Å². The monoisotopic (exact) mass is 1530 g/mol. The van der Waals surface area contributed by atoms with Gasteiger partial charge in [0.25, 0.3) is 5.91 Å². The van der Waals surface area contributed by atoms with Gasteiger partial charge in [0, 0.05) is 125 Å². The van der Waals surface area contributed by atoms with Crippen molar-refractivity contribution >= 4 is 43.4 Å². The van der Waals surface area contributed by atoms with E-state index in [2.05, 4.69) is 97.7 Å². The fourth-order valence-corrected chi connectivity index (χ4v) is 16.3. The van der Waals surface area contributed by atoms with E-state index < -0.39 is 54.3 Å². The minimum absolute atomic E-state index is 0. The number of nitrogens with zero attached hydrogens (tertiary/aromatic N) is 10. The number of hydrogen-bond acceptors (Lipinski definition) is 15. The Bertz CT molecular complexity index is 3500. The average molecular weight is 1530 g/mol. The van der Waals surface area contributed by atoms with E-state index in [0.29, 0.717) is 46.5 Å². The van der Waals surface area contributed by atoms with Crippen molar-refractivity contribution < 1.29 is 75.3 Å². The summed E-state index contributed by atoms with van der Waals surface area (Å²) in [5, 5.41) is 51.8. The van der Waals surface area contributed by atoms with E-state index in [9.17, 15) is 34.5 Å². The third-order valence-corrected chi connectivity index (χ3v) is 22.2. The standard InChI is InChI=1S/C35H49N7O4.C34H46N6O5.CH5N.BH.U/c1-19-22(10-9-11-27(19)23-12-24(33(44)37-6)14-26(13-23)41(7)8)18-42-32(31(21(3)43)30(46-42)17-38-40-36)34(45)39-29-16-25-15-28(20(29)2)35(25,4)5;1-18-21(9-8-10-26(18)22-11-23(33(43)44)13-25(12-22)39(6)7)17-40-31(30(20(3)41)29(45-40)16-36-38-35)32(42)37-28-15-24-14-27(19(28)2)34(24,4)5;1-2;;/h9-14,20-21,25,28-32,43H,15-18H2,1-8H3,(H,37,44)(H,39,45);8-13,19-20,24,27-31,41H,14-17H2,1-7H3,(H,37,42)(H,43,44);2H2,1H3;1H;/t20-,21-,25+,28-,29-,30-,31+,32-;19-,20-,24+,27-,28-,29-,30+,31-;;;/m00.../s1/i;;;1T;. The van der Waals surface area contributed by atoms with Crippen LogP contribution in [0, 0.1) is 103 Å². The first-order chi connectivity index (χ1) is 45.0. The molecule has 6 aliphatic carbocycles. The largest absolute Gasteiger partial charge is 0.478 e. The van der Waals surface area contributed by atoms with Crippen LogP contribution < -0.4 is 31.5 Å². The van der Waals surface area contributed by atoms with Crippen molar-refractivity contribution in [2.24, 2.45) is 74.1 Å². The first-order valence-corrected chi connectivity index (χ1v) is 32.7. The summed E-state index contributed by atoms with van der Waals surface area (Å²) in [5.41, 5.74) is 32.8. The van der Waals surface area contributed by atoms with Gasteiger partial charge in [0.2, 0.25) is 11.8 Å². The van der Waals surface area contributed by atoms with Gasteiger partial charge in [-0.2, -0.15) is 10.1 Å². The normalized spacial score (nSPS) is 28.0. The average Bonchev–Trinajstić information content (AvgIpc) is 1.76. The first kappa shape index (κ1) is 76.2. The molecule has 23 nitrogen and oxygen atoms in total. The first-order valence-electron chi connectivity index (χ1n) is 33.3. The van der Waals surface area contributed by atoms with Crippen molar-refractivity contribution in [2.45, 2.75) is 157 Å². The number of carbonyl (C=O) groups is 4. The van der Waals surface area contributed by atoms with Crippen LogP contribution in [0.15, 0.2) is 83.0 Å². The van der Waals surface area contributed by atoms with Gasteiger partial charge in [-0.3, -0.25) is 24.1 Å². The molecule has 0 aromatic heterocycles. The molecule has 512 valence electrons. The molecule has 4 aromatic rings. The Balaban J connectivity index is 0.000000286. The molecule has 95 heavy (non-hydrogen) atoms. The number of carboxylic acids is 1. The van der Waals surface area contributed by atoms with Crippen LogP contribution in [-0.2, 0) is 32.4 Å². The third kappa shape index (κ3) is 16.2. The molecule has 8 fully saturated rings. The number of amides is 3. The Morgan fingerprint density at radius 3 is 1.39 bits per heavy atom. The van der Waals surface area contributed by atoms with E-state index in [0.717, 1.165) is 68.7 Å². The van der Waals surface area contributed by atoms with Crippen LogP contribution in [0.25, 0.3) is 43.1 Å². The van der Waals surface area contributed by atoms with Crippen molar-refractivity contribution in [1.29, 1.82) is 1.34 Å². The SMILES string of the molecule is CN.CNC(=O)c1cc(-c2cccc(CN3O[C@@H](CN=[N+]=[N-])[C@@H]([C@H](C)O)[C@H]3C(=O)N[C@H]3C[C@H]4C[C@@H]([C@@H]3C)C4(C)C)c2C)cc(N(C)C)c1.Cc1c(CN2O[C@@H](CN=[N+]=[N-])[C@@H]([C@H](C)O)[C@H]2C(=O)N[C@H]2C[C@H]3C[C@@H]([C@@H]2C)C3(C)C)cccc1-c1cc(C(=O)O)cc(N(C)C)c1.[3H][B].[U]. The zero-order chi connectivity index (χ0) is 70.3. The Hall–Kier alpha value is -6.18. The number of hydroxylamine groups is 4. The predicted octanol–water partition coefficient (Wildman–Crippen LogP) is 9.40. The topological polar surface area (TPSA) is 320 Å². The molecule has 3 amide bonds. The molecule has 2 aliphatic heterocycles. The summed E-state index contributed by atoms with van der Waals surface area (Å²) in [6.45, 7) is 21.6. The maximum atomic E-state index is 14.2. The zero-order valence-electron chi connectivity index (χ0n) is 59.2. The Labute approximate surface area is 587 Å². The molecule has 8 N–H and O–H groups in total. The van der Waals surface area contributed by atoms with Crippen LogP contribution >= 0.6 is 0 Å². The van der Waals surface area contributed by atoms with Crippen molar-refractivity contribution in [1.82, 2.24) is 26.1 Å². The quantitative estimate of drug-likeness (QED) is 0.0188. The molecule has 4 aromatic carbocycles. The molecule has 2 heterocycles. The smallest absolute Gasteiger partial charge is 0.335 e. The minimum Gasteiger partial charge on any atom is -0.478 e. The van der Waals surface area contributed by atoms with E-state index in [1.54, 1.807) is 43.2 Å². The fraction of sp³-hybridized carbons (Fsp3) is 0.600. The van der Waals surface area contributed by atoms with Gasteiger partial charge in [-0.1, -0.05) is 88.2 Å². The summed E-state index contributed by atoms with van der Waals surface area (Å²) >= 11 is 0. The number of hydrogen-bond donors (Lipinski definition) is 7. The molecule has 4 bridgehead atoms.